The van der Waals surface area contributed by atoms with E-state index in [9.17, 15) is 0 Å². The summed E-state index contributed by atoms with van der Waals surface area (Å²) in [4.78, 5) is 2.69. The topological polar surface area (TPSA) is 24.5 Å². The molecule has 0 radical (unpaired) electrons. The maximum atomic E-state index is 5.83. The molecule has 0 spiro atoms. The Bertz CT molecular complexity index is 219. The molecule has 1 unspecified atom stereocenters. The van der Waals surface area contributed by atoms with Crippen LogP contribution in [0, 0.1) is 5.41 Å². The maximum Gasteiger partial charge on any atom is 0.0546 e. The highest BCUT2D eigenvalue weighted by Crippen LogP contribution is 2.29. The van der Waals surface area contributed by atoms with Crippen LogP contribution in [-0.2, 0) is 4.74 Å². The molecule has 0 aromatic heterocycles. The third-order valence-electron chi connectivity index (χ3n) is 4.37. The predicted octanol–water partition coefficient (Wildman–Crippen LogP) is 3.29. The van der Waals surface area contributed by atoms with Crippen molar-refractivity contribution in [1.82, 2.24) is 10.2 Å². The summed E-state index contributed by atoms with van der Waals surface area (Å²) >= 11 is 0. The second-order valence-electron chi connectivity index (χ2n) is 6.42. The van der Waals surface area contributed by atoms with Crippen LogP contribution in [0.1, 0.15) is 59.3 Å². The molecule has 1 heterocycles. The summed E-state index contributed by atoms with van der Waals surface area (Å²) in [6.07, 6.45) is 7.76. The second kappa shape index (κ2) is 10.6. The molecule has 0 aromatic carbocycles. The van der Waals surface area contributed by atoms with Gasteiger partial charge in [-0.1, -0.05) is 33.6 Å². The monoisotopic (exact) mass is 284 g/mol. The number of nitrogens with zero attached hydrogens (tertiary/aromatic N) is 1. The molecule has 20 heavy (non-hydrogen) atoms. The van der Waals surface area contributed by atoms with Gasteiger partial charge in [0, 0.05) is 25.1 Å². The van der Waals surface area contributed by atoms with Gasteiger partial charge in [0.15, 0.2) is 0 Å². The van der Waals surface area contributed by atoms with E-state index in [1.807, 2.05) is 0 Å². The van der Waals surface area contributed by atoms with Crippen LogP contribution in [0.15, 0.2) is 0 Å². The van der Waals surface area contributed by atoms with Crippen molar-refractivity contribution in [3.63, 3.8) is 0 Å². The highest BCUT2D eigenvalue weighted by atomic mass is 16.5. The van der Waals surface area contributed by atoms with Gasteiger partial charge in [0.05, 0.1) is 6.61 Å². The van der Waals surface area contributed by atoms with Crippen molar-refractivity contribution in [2.24, 2.45) is 5.41 Å². The van der Waals surface area contributed by atoms with E-state index >= 15 is 0 Å². The molecule has 0 bridgehead atoms. The van der Waals surface area contributed by atoms with Crippen LogP contribution in [0.25, 0.3) is 0 Å². The lowest BCUT2D eigenvalue weighted by Crippen LogP contribution is -2.49. The van der Waals surface area contributed by atoms with Crippen LogP contribution >= 0.6 is 0 Å². The normalized spacial score (nSPS) is 23.4. The minimum Gasteiger partial charge on any atom is -0.381 e. The van der Waals surface area contributed by atoms with E-state index in [4.69, 9.17) is 4.74 Å². The van der Waals surface area contributed by atoms with Gasteiger partial charge in [-0.25, -0.2) is 0 Å². The molecule has 1 atom stereocenters. The molecule has 0 saturated carbocycles. The predicted molar refractivity (Wildman–Crippen MR) is 87.3 cm³/mol. The zero-order chi connectivity index (χ0) is 14.7. The van der Waals surface area contributed by atoms with Crippen molar-refractivity contribution in [2.45, 2.75) is 59.3 Å². The molecule has 3 heteroatoms. The van der Waals surface area contributed by atoms with Crippen molar-refractivity contribution >= 4 is 0 Å². The summed E-state index contributed by atoms with van der Waals surface area (Å²) in [7, 11) is 0. The fourth-order valence-corrected chi connectivity index (χ4v) is 3.13. The Balaban J connectivity index is 2.56. The summed E-state index contributed by atoms with van der Waals surface area (Å²) in [5.74, 6) is 0. The molecule has 3 nitrogen and oxygen atoms in total. The van der Waals surface area contributed by atoms with Gasteiger partial charge in [0.25, 0.3) is 0 Å². The molecule has 0 aliphatic carbocycles. The summed E-state index contributed by atoms with van der Waals surface area (Å²) in [5.41, 5.74) is 0.343. The van der Waals surface area contributed by atoms with Crippen LogP contribution in [0.3, 0.4) is 0 Å². The van der Waals surface area contributed by atoms with Crippen LogP contribution in [-0.4, -0.2) is 50.8 Å². The highest BCUT2D eigenvalue weighted by Gasteiger charge is 2.34. The molecule has 120 valence electrons. The standard InChI is InChI=1S/C17H36N2O/c1-4-7-11-19(12-8-5-2)15-17(14-18-6-3)10-9-13-20-16-17/h18H,4-16H2,1-3H3. The Morgan fingerprint density at radius 1 is 1.10 bits per heavy atom. The lowest BCUT2D eigenvalue weighted by molar-refractivity contribution is -0.0263. The van der Waals surface area contributed by atoms with Crippen molar-refractivity contribution in [2.75, 3.05) is 45.9 Å². The van der Waals surface area contributed by atoms with E-state index < -0.39 is 0 Å². The Kier molecular flexibility index (Phi) is 9.49. The number of ether oxygens (including phenoxy) is 1. The van der Waals surface area contributed by atoms with Crippen LogP contribution in [0.4, 0.5) is 0 Å². The average molecular weight is 284 g/mol. The Morgan fingerprint density at radius 2 is 1.80 bits per heavy atom. The van der Waals surface area contributed by atoms with E-state index in [1.54, 1.807) is 0 Å². The van der Waals surface area contributed by atoms with Crippen LogP contribution in [0.2, 0.25) is 0 Å². The van der Waals surface area contributed by atoms with Crippen LogP contribution < -0.4 is 5.32 Å². The smallest absolute Gasteiger partial charge is 0.0546 e. The van der Waals surface area contributed by atoms with Gasteiger partial charge in [0.2, 0.25) is 0 Å². The first kappa shape index (κ1) is 17.9. The number of hydrogen-bond donors (Lipinski definition) is 1. The summed E-state index contributed by atoms with van der Waals surface area (Å²) < 4.78 is 5.83. The van der Waals surface area contributed by atoms with Gasteiger partial charge >= 0.3 is 0 Å². The number of rotatable bonds is 11. The molecule has 0 aromatic rings. The SMILES string of the molecule is CCCCN(CCCC)CC1(CNCC)CCCOC1. The molecular formula is C17H36N2O. The molecule has 1 aliphatic rings. The lowest BCUT2D eigenvalue weighted by atomic mass is 9.81. The average Bonchev–Trinajstić information content (AvgIpc) is 2.49. The van der Waals surface area contributed by atoms with Gasteiger partial charge in [-0.3, -0.25) is 0 Å². The molecule has 1 aliphatic heterocycles. The third kappa shape index (κ3) is 6.55. The van der Waals surface area contributed by atoms with Crippen molar-refractivity contribution in [3.8, 4) is 0 Å². The van der Waals surface area contributed by atoms with E-state index in [-0.39, 0.29) is 0 Å². The highest BCUT2D eigenvalue weighted by molar-refractivity contribution is 4.87. The van der Waals surface area contributed by atoms with Gasteiger partial charge in [0.1, 0.15) is 0 Å². The molecule has 1 rings (SSSR count). The molecular weight excluding hydrogens is 248 g/mol. The molecule has 1 saturated heterocycles. The maximum absolute atomic E-state index is 5.83. The Morgan fingerprint density at radius 3 is 2.30 bits per heavy atom. The fraction of sp³-hybridized carbons (Fsp3) is 1.00. The number of unbranched alkanes of at least 4 members (excludes halogenated alkanes) is 2. The quantitative estimate of drug-likeness (QED) is 0.630. The van der Waals surface area contributed by atoms with E-state index in [2.05, 4.69) is 31.0 Å². The minimum atomic E-state index is 0.343. The molecule has 1 fully saturated rings. The van der Waals surface area contributed by atoms with E-state index in [0.29, 0.717) is 5.41 Å². The Hall–Kier alpha value is -0.120. The van der Waals surface area contributed by atoms with Gasteiger partial charge in [-0.05, 0) is 45.3 Å². The molecule has 1 N–H and O–H groups in total. The molecule has 0 amide bonds. The van der Waals surface area contributed by atoms with Crippen LogP contribution in [0.5, 0.6) is 0 Å². The summed E-state index contributed by atoms with van der Waals surface area (Å²) in [6.45, 7) is 14.6. The fourth-order valence-electron chi connectivity index (χ4n) is 3.13. The second-order valence-corrected chi connectivity index (χ2v) is 6.42. The zero-order valence-corrected chi connectivity index (χ0v) is 14.0. The third-order valence-corrected chi connectivity index (χ3v) is 4.37. The van der Waals surface area contributed by atoms with E-state index in [0.717, 1.165) is 26.3 Å². The first-order chi connectivity index (χ1) is 9.76. The number of nitrogens with one attached hydrogen (secondary N) is 1. The van der Waals surface area contributed by atoms with Gasteiger partial charge in [-0.2, -0.15) is 0 Å². The van der Waals surface area contributed by atoms with Gasteiger partial charge < -0.3 is 15.0 Å². The first-order valence-electron chi connectivity index (χ1n) is 8.77. The first-order valence-corrected chi connectivity index (χ1v) is 8.77. The zero-order valence-electron chi connectivity index (χ0n) is 14.0. The van der Waals surface area contributed by atoms with E-state index in [1.165, 1.54) is 58.2 Å². The van der Waals surface area contributed by atoms with Crippen molar-refractivity contribution in [3.05, 3.63) is 0 Å². The minimum absolute atomic E-state index is 0.343. The number of hydrogen-bond acceptors (Lipinski definition) is 3. The van der Waals surface area contributed by atoms with Crippen molar-refractivity contribution in [1.29, 1.82) is 0 Å². The summed E-state index contributed by atoms with van der Waals surface area (Å²) in [6, 6.07) is 0. The Labute approximate surface area is 126 Å². The largest absolute Gasteiger partial charge is 0.381 e. The van der Waals surface area contributed by atoms with Crippen molar-refractivity contribution < 1.29 is 4.74 Å². The van der Waals surface area contributed by atoms with Gasteiger partial charge in [-0.15, -0.1) is 0 Å². The summed E-state index contributed by atoms with van der Waals surface area (Å²) in [5, 5.41) is 3.57. The lowest BCUT2D eigenvalue weighted by Gasteiger charge is -2.41.